The van der Waals surface area contributed by atoms with E-state index in [4.69, 9.17) is 0 Å². The van der Waals surface area contributed by atoms with Crippen LogP contribution in [0.1, 0.15) is 19.8 Å². The van der Waals surface area contributed by atoms with E-state index in [1.807, 2.05) is 39.8 Å². The van der Waals surface area contributed by atoms with Crippen LogP contribution in [0, 0.1) is 11.7 Å². The first-order valence-corrected chi connectivity index (χ1v) is 12.0. The standard InChI is InChI=1S/C25H29FN6O2/c1-2-32-22-20(9-5-11-27-22)28-23(25(32)34)31-12-6-7-18(17-31)24(33)30-15-13-29(14-16-30)21-10-4-3-8-19(21)26/h3-5,8-11,18H,2,6-7,12-17H2,1H3/t18-/m0/s1. The fourth-order valence-corrected chi connectivity index (χ4v) is 5.07. The van der Waals surface area contributed by atoms with Gasteiger partial charge in [0.25, 0.3) is 5.56 Å². The fraction of sp³-hybridized carbons (Fsp3) is 0.440. The number of fused-ring (bicyclic) bond motifs is 1. The van der Waals surface area contributed by atoms with E-state index in [1.165, 1.54) is 6.07 Å². The molecule has 5 rings (SSSR count). The number of nitrogens with zero attached hydrogens (tertiary/aromatic N) is 6. The van der Waals surface area contributed by atoms with E-state index in [0.717, 1.165) is 12.8 Å². The van der Waals surface area contributed by atoms with Crippen LogP contribution in [0.3, 0.4) is 0 Å². The van der Waals surface area contributed by atoms with Crippen LogP contribution < -0.4 is 15.4 Å². The van der Waals surface area contributed by atoms with Crippen molar-refractivity contribution in [3.05, 3.63) is 58.8 Å². The maximum atomic E-state index is 14.1. The van der Waals surface area contributed by atoms with Gasteiger partial charge >= 0.3 is 0 Å². The third-order valence-corrected chi connectivity index (χ3v) is 6.86. The molecule has 0 spiro atoms. The number of hydrogen-bond acceptors (Lipinski definition) is 6. The van der Waals surface area contributed by atoms with Crippen LogP contribution in [-0.4, -0.2) is 64.6 Å². The number of pyridine rings is 1. The monoisotopic (exact) mass is 464 g/mol. The summed E-state index contributed by atoms with van der Waals surface area (Å²) in [4.78, 5) is 41.3. The first-order valence-electron chi connectivity index (χ1n) is 12.0. The van der Waals surface area contributed by atoms with Gasteiger partial charge in [-0.1, -0.05) is 12.1 Å². The smallest absolute Gasteiger partial charge is 0.295 e. The predicted molar refractivity (Wildman–Crippen MR) is 130 cm³/mol. The number of benzene rings is 1. The molecule has 178 valence electrons. The molecule has 0 saturated carbocycles. The highest BCUT2D eigenvalue weighted by Gasteiger charge is 2.33. The van der Waals surface area contributed by atoms with Gasteiger partial charge in [-0.15, -0.1) is 0 Å². The van der Waals surface area contributed by atoms with E-state index in [1.54, 1.807) is 22.9 Å². The number of hydrogen-bond donors (Lipinski definition) is 0. The van der Waals surface area contributed by atoms with Gasteiger partial charge in [-0.25, -0.2) is 14.4 Å². The third kappa shape index (κ3) is 4.10. The normalized spacial score (nSPS) is 19.0. The second-order valence-electron chi connectivity index (χ2n) is 8.88. The highest BCUT2D eigenvalue weighted by molar-refractivity contribution is 5.80. The molecule has 1 atom stereocenters. The Kier molecular flexibility index (Phi) is 6.17. The molecule has 8 nitrogen and oxygen atoms in total. The van der Waals surface area contributed by atoms with Crippen molar-refractivity contribution >= 4 is 28.6 Å². The lowest BCUT2D eigenvalue weighted by atomic mass is 9.96. The molecule has 0 aliphatic carbocycles. The van der Waals surface area contributed by atoms with Crippen molar-refractivity contribution in [2.75, 3.05) is 49.1 Å². The van der Waals surface area contributed by atoms with E-state index < -0.39 is 0 Å². The van der Waals surface area contributed by atoms with Crippen molar-refractivity contribution in [1.82, 2.24) is 19.4 Å². The first kappa shape index (κ1) is 22.3. The van der Waals surface area contributed by atoms with Gasteiger partial charge in [-0.2, -0.15) is 0 Å². The number of piperidine rings is 1. The average molecular weight is 465 g/mol. The molecule has 0 radical (unpaired) electrons. The lowest BCUT2D eigenvalue weighted by molar-refractivity contribution is -0.136. The minimum Gasteiger partial charge on any atom is -0.366 e. The van der Waals surface area contributed by atoms with E-state index in [2.05, 4.69) is 9.97 Å². The average Bonchev–Trinajstić information content (AvgIpc) is 2.88. The summed E-state index contributed by atoms with van der Waals surface area (Å²) >= 11 is 0. The maximum absolute atomic E-state index is 14.1. The van der Waals surface area contributed by atoms with Crippen molar-refractivity contribution in [3.8, 4) is 0 Å². The molecular weight excluding hydrogens is 435 g/mol. The van der Waals surface area contributed by atoms with Crippen molar-refractivity contribution in [2.45, 2.75) is 26.3 Å². The second kappa shape index (κ2) is 9.40. The Balaban J connectivity index is 1.30. The molecule has 2 aliphatic heterocycles. The molecule has 9 heteroatoms. The van der Waals surface area contributed by atoms with Crippen LogP contribution in [0.15, 0.2) is 47.4 Å². The molecule has 1 amide bonds. The quantitative estimate of drug-likeness (QED) is 0.591. The molecule has 4 heterocycles. The number of halogens is 1. The molecule has 3 aromatic rings. The SMILES string of the molecule is CCn1c(=O)c(N2CCC[C@H](C(=O)N3CCN(c4ccccc4F)CC3)C2)nc2cccnc21. The van der Waals surface area contributed by atoms with Crippen LogP contribution in [0.25, 0.3) is 11.2 Å². The predicted octanol–water partition coefficient (Wildman–Crippen LogP) is 2.52. The Morgan fingerprint density at radius 2 is 1.85 bits per heavy atom. The Morgan fingerprint density at radius 1 is 1.06 bits per heavy atom. The summed E-state index contributed by atoms with van der Waals surface area (Å²) in [6, 6.07) is 10.4. The van der Waals surface area contributed by atoms with Crippen molar-refractivity contribution in [2.24, 2.45) is 5.92 Å². The summed E-state index contributed by atoms with van der Waals surface area (Å²) in [7, 11) is 0. The van der Waals surface area contributed by atoms with E-state index in [9.17, 15) is 14.0 Å². The van der Waals surface area contributed by atoms with Gasteiger partial charge in [0.15, 0.2) is 11.5 Å². The zero-order chi connectivity index (χ0) is 23.7. The Morgan fingerprint density at radius 3 is 2.62 bits per heavy atom. The molecule has 0 bridgehead atoms. The number of anilines is 2. The summed E-state index contributed by atoms with van der Waals surface area (Å²) in [6.07, 6.45) is 3.28. The minimum absolute atomic E-state index is 0.108. The number of amides is 1. The topological polar surface area (TPSA) is 74.6 Å². The van der Waals surface area contributed by atoms with Gasteiger partial charge < -0.3 is 14.7 Å². The molecular formula is C25H29FN6O2. The summed E-state index contributed by atoms with van der Waals surface area (Å²) in [5, 5.41) is 0. The Labute approximate surface area is 197 Å². The first-order chi connectivity index (χ1) is 16.6. The number of piperazine rings is 1. The Hall–Kier alpha value is -3.49. The van der Waals surface area contributed by atoms with Crippen molar-refractivity contribution < 1.29 is 9.18 Å². The molecule has 0 N–H and O–H groups in total. The van der Waals surface area contributed by atoms with Crippen LogP contribution >= 0.6 is 0 Å². The summed E-state index contributed by atoms with van der Waals surface area (Å²) in [5.74, 6) is 0.0797. The zero-order valence-electron chi connectivity index (χ0n) is 19.4. The van der Waals surface area contributed by atoms with Crippen molar-refractivity contribution in [1.29, 1.82) is 0 Å². The van der Waals surface area contributed by atoms with Crippen LogP contribution in [0.2, 0.25) is 0 Å². The van der Waals surface area contributed by atoms with Crippen LogP contribution in [0.4, 0.5) is 15.9 Å². The molecule has 0 unspecified atom stereocenters. The number of rotatable bonds is 4. The van der Waals surface area contributed by atoms with Crippen LogP contribution in [0.5, 0.6) is 0 Å². The lowest BCUT2D eigenvalue weighted by Gasteiger charge is -2.40. The summed E-state index contributed by atoms with van der Waals surface area (Å²) in [5.41, 5.74) is 1.68. The maximum Gasteiger partial charge on any atom is 0.295 e. The molecule has 1 aromatic carbocycles. The lowest BCUT2D eigenvalue weighted by Crippen LogP contribution is -2.53. The van der Waals surface area contributed by atoms with Gasteiger partial charge in [0.1, 0.15) is 11.3 Å². The van der Waals surface area contributed by atoms with Crippen molar-refractivity contribution in [3.63, 3.8) is 0 Å². The number of aryl methyl sites for hydroxylation is 1. The number of para-hydroxylation sites is 1. The molecule has 2 saturated heterocycles. The molecule has 2 aromatic heterocycles. The van der Waals surface area contributed by atoms with E-state index in [0.29, 0.717) is 68.5 Å². The van der Waals surface area contributed by atoms with Gasteiger partial charge in [-0.05, 0) is 44.0 Å². The van der Waals surface area contributed by atoms with Crippen LogP contribution in [-0.2, 0) is 11.3 Å². The molecule has 2 fully saturated rings. The summed E-state index contributed by atoms with van der Waals surface area (Å²) in [6.45, 7) is 5.92. The number of aromatic nitrogens is 3. The molecule has 34 heavy (non-hydrogen) atoms. The highest BCUT2D eigenvalue weighted by atomic mass is 19.1. The second-order valence-corrected chi connectivity index (χ2v) is 8.88. The molecule has 2 aliphatic rings. The van der Waals surface area contributed by atoms with E-state index >= 15 is 0 Å². The van der Waals surface area contributed by atoms with Gasteiger partial charge in [0.05, 0.1) is 11.6 Å². The zero-order valence-corrected chi connectivity index (χ0v) is 19.4. The minimum atomic E-state index is -0.235. The van der Waals surface area contributed by atoms with Gasteiger partial charge in [-0.3, -0.25) is 14.2 Å². The summed E-state index contributed by atoms with van der Waals surface area (Å²) < 4.78 is 15.8. The number of carbonyl (C=O) groups is 1. The third-order valence-electron chi connectivity index (χ3n) is 6.86. The fourth-order valence-electron chi connectivity index (χ4n) is 5.07. The largest absolute Gasteiger partial charge is 0.366 e. The Bertz CT molecular complexity index is 1250. The van der Waals surface area contributed by atoms with Gasteiger partial charge in [0.2, 0.25) is 5.91 Å². The number of carbonyl (C=O) groups excluding carboxylic acids is 1. The van der Waals surface area contributed by atoms with Gasteiger partial charge in [0, 0.05) is 52.0 Å². The van der Waals surface area contributed by atoms with E-state index in [-0.39, 0.29) is 23.2 Å². The highest BCUT2D eigenvalue weighted by Crippen LogP contribution is 2.25.